The first-order chi connectivity index (χ1) is 8.58. The molecule has 0 aliphatic carbocycles. The number of amides is 1. The van der Waals surface area contributed by atoms with Crippen molar-refractivity contribution in [2.75, 3.05) is 5.32 Å². The first-order valence-electron chi connectivity index (χ1n) is 5.68. The van der Waals surface area contributed by atoms with Crippen molar-refractivity contribution in [2.24, 2.45) is 0 Å². The molecule has 0 aliphatic rings. The smallest absolute Gasteiger partial charge is 0.256 e. The Morgan fingerprint density at radius 1 is 1.39 bits per heavy atom. The maximum atomic E-state index is 12.1. The number of hydrogen-bond donors (Lipinski definition) is 1. The van der Waals surface area contributed by atoms with Gasteiger partial charge in [0, 0.05) is 15.8 Å². The zero-order valence-corrected chi connectivity index (χ0v) is 12.4. The third-order valence-electron chi connectivity index (χ3n) is 2.51. The van der Waals surface area contributed by atoms with Crippen molar-refractivity contribution in [1.29, 1.82) is 0 Å². The van der Waals surface area contributed by atoms with Crippen LogP contribution in [0.4, 0.5) is 5.69 Å². The van der Waals surface area contributed by atoms with Gasteiger partial charge in [-0.05, 0) is 48.6 Å². The van der Waals surface area contributed by atoms with E-state index in [0.717, 1.165) is 3.57 Å². The van der Waals surface area contributed by atoms with Crippen LogP contribution in [0.3, 0.4) is 0 Å². The minimum Gasteiger partial charge on any atom is -0.319 e. The number of carbonyl (C=O) groups excluding carboxylic acids is 1. The van der Waals surface area contributed by atoms with Gasteiger partial charge in [0.25, 0.3) is 5.91 Å². The van der Waals surface area contributed by atoms with Gasteiger partial charge in [-0.15, -0.1) is 0 Å². The quantitative estimate of drug-likeness (QED) is 0.859. The molecule has 94 valence electrons. The molecule has 1 N–H and O–H groups in total. The monoisotopic (exact) mass is 355 g/mol. The molecule has 18 heavy (non-hydrogen) atoms. The van der Waals surface area contributed by atoms with Crippen LogP contribution in [0.15, 0.2) is 36.7 Å². The number of aromatic nitrogens is 2. The Balaban J connectivity index is 2.14. The Kier molecular flexibility index (Phi) is 4.00. The summed E-state index contributed by atoms with van der Waals surface area (Å²) in [4.78, 5) is 12.1. The van der Waals surface area contributed by atoms with Crippen LogP contribution >= 0.6 is 22.6 Å². The molecule has 0 unspecified atom stereocenters. The maximum absolute atomic E-state index is 12.1. The number of hydrogen-bond acceptors (Lipinski definition) is 2. The van der Waals surface area contributed by atoms with E-state index in [-0.39, 0.29) is 11.9 Å². The van der Waals surface area contributed by atoms with Crippen molar-refractivity contribution in [2.45, 2.75) is 19.9 Å². The lowest BCUT2D eigenvalue weighted by Crippen LogP contribution is -2.12. The SMILES string of the molecule is CC(C)n1cc(NC(=O)c2ccccc2I)cn1. The molecule has 1 amide bonds. The minimum atomic E-state index is -0.108. The highest BCUT2D eigenvalue weighted by Gasteiger charge is 2.10. The van der Waals surface area contributed by atoms with Crippen LogP contribution < -0.4 is 5.32 Å². The van der Waals surface area contributed by atoms with Gasteiger partial charge in [-0.3, -0.25) is 9.48 Å². The Morgan fingerprint density at radius 3 is 2.72 bits per heavy atom. The Labute approximate surface area is 120 Å². The van der Waals surface area contributed by atoms with Crippen LogP contribution in [-0.2, 0) is 0 Å². The second kappa shape index (κ2) is 5.51. The average molecular weight is 355 g/mol. The van der Waals surface area contributed by atoms with Gasteiger partial charge in [-0.1, -0.05) is 12.1 Å². The summed E-state index contributed by atoms with van der Waals surface area (Å²) >= 11 is 2.15. The van der Waals surface area contributed by atoms with E-state index in [1.165, 1.54) is 0 Å². The Bertz CT molecular complexity index is 563. The van der Waals surface area contributed by atoms with Crippen molar-refractivity contribution in [3.63, 3.8) is 0 Å². The zero-order valence-electron chi connectivity index (χ0n) is 10.2. The maximum Gasteiger partial charge on any atom is 0.256 e. The van der Waals surface area contributed by atoms with Crippen LogP contribution in [0.25, 0.3) is 0 Å². The molecule has 1 aromatic carbocycles. The lowest BCUT2D eigenvalue weighted by molar-refractivity contribution is 0.102. The topological polar surface area (TPSA) is 46.9 Å². The highest BCUT2D eigenvalue weighted by atomic mass is 127. The summed E-state index contributed by atoms with van der Waals surface area (Å²) in [5.41, 5.74) is 1.39. The number of benzene rings is 1. The summed E-state index contributed by atoms with van der Waals surface area (Å²) in [6.45, 7) is 4.08. The van der Waals surface area contributed by atoms with E-state index >= 15 is 0 Å². The molecule has 1 heterocycles. The van der Waals surface area contributed by atoms with Crippen molar-refractivity contribution < 1.29 is 4.79 Å². The molecule has 0 spiro atoms. The normalized spacial score (nSPS) is 10.7. The fourth-order valence-electron chi connectivity index (χ4n) is 1.53. The van der Waals surface area contributed by atoms with E-state index in [1.807, 2.05) is 49.0 Å². The molecule has 0 aliphatic heterocycles. The number of carbonyl (C=O) groups is 1. The number of rotatable bonds is 3. The summed E-state index contributed by atoms with van der Waals surface area (Å²) in [7, 11) is 0. The second-order valence-electron chi connectivity index (χ2n) is 4.24. The molecule has 0 bridgehead atoms. The highest BCUT2D eigenvalue weighted by molar-refractivity contribution is 14.1. The van der Waals surface area contributed by atoms with E-state index in [4.69, 9.17) is 0 Å². The fraction of sp³-hybridized carbons (Fsp3) is 0.231. The van der Waals surface area contributed by atoms with Gasteiger partial charge in [0.15, 0.2) is 0 Å². The van der Waals surface area contributed by atoms with Gasteiger partial charge in [0.05, 0.1) is 17.4 Å². The second-order valence-corrected chi connectivity index (χ2v) is 5.40. The lowest BCUT2D eigenvalue weighted by atomic mass is 10.2. The summed E-state index contributed by atoms with van der Waals surface area (Å²) in [5.74, 6) is -0.108. The third kappa shape index (κ3) is 2.90. The van der Waals surface area contributed by atoms with Gasteiger partial charge >= 0.3 is 0 Å². The van der Waals surface area contributed by atoms with Crippen molar-refractivity contribution in [3.05, 3.63) is 45.8 Å². The van der Waals surface area contributed by atoms with Gasteiger partial charge in [-0.2, -0.15) is 5.10 Å². The zero-order chi connectivity index (χ0) is 13.1. The molecule has 1 aromatic heterocycles. The highest BCUT2D eigenvalue weighted by Crippen LogP contribution is 2.15. The molecular weight excluding hydrogens is 341 g/mol. The molecule has 0 atom stereocenters. The minimum absolute atomic E-state index is 0.108. The van der Waals surface area contributed by atoms with Gasteiger partial charge in [-0.25, -0.2) is 0 Å². The van der Waals surface area contributed by atoms with Gasteiger partial charge in [0.1, 0.15) is 0 Å². The lowest BCUT2D eigenvalue weighted by Gasteiger charge is -2.05. The molecule has 5 heteroatoms. The Hall–Kier alpha value is -1.37. The summed E-state index contributed by atoms with van der Waals surface area (Å²) in [5, 5.41) is 7.03. The number of halogens is 1. The van der Waals surface area contributed by atoms with E-state index in [2.05, 4.69) is 33.0 Å². The largest absolute Gasteiger partial charge is 0.319 e. The Morgan fingerprint density at radius 2 is 2.11 bits per heavy atom. The van der Waals surface area contributed by atoms with Crippen molar-refractivity contribution >= 4 is 34.2 Å². The predicted octanol–water partition coefficient (Wildman–Crippen LogP) is 3.32. The molecule has 0 saturated carbocycles. The summed E-state index contributed by atoms with van der Waals surface area (Å²) in [6, 6.07) is 7.77. The predicted molar refractivity (Wildman–Crippen MR) is 79.7 cm³/mol. The average Bonchev–Trinajstić information content (AvgIpc) is 2.78. The molecule has 0 saturated heterocycles. The fourth-order valence-corrected chi connectivity index (χ4v) is 2.16. The summed E-state index contributed by atoms with van der Waals surface area (Å²) in [6.07, 6.45) is 3.49. The standard InChI is InChI=1S/C13H14IN3O/c1-9(2)17-8-10(7-15-17)16-13(18)11-5-3-4-6-12(11)14/h3-9H,1-2H3,(H,16,18). The van der Waals surface area contributed by atoms with Crippen LogP contribution in [0.2, 0.25) is 0 Å². The molecule has 2 rings (SSSR count). The number of nitrogens with one attached hydrogen (secondary N) is 1. The van der Waals surface area contributed by atoms with E-state index in [9.17, 15) is 4.79 Å². The molecule has 4 nitrogen and oxygen atoms in total. The van der Waals surface area contributed by atoms with Crippen LogP contribution in [-0.4, -0.2) is 15.7 Å². The molecule has 0 radical (unpaired) electrons. The van der Waals surface area contributed by atoms with Crippen LogP contribution in [0.5, 0.6) is 0 Å². The van der Waals surface area contributed by atoms with Gasteiger partial charge in [0.2, 0.25) is 0 Å². The van der Waals surface area contributed by atoms with E-state index in [1.54, 1.807) is 6.20 Å². The van der Waals surface area contributed by atoms with E-state index in [0.29, 0.717) is 11.3 Å². The third-order valence-corrected chi connectivity index (χ3v) is 3.45. The molecule has 0 fully saturated rings. The van der Waals surface area contributed by atoms with Crippen LogP contribution in [0.1, 0.15) is 30.2 Å². The summed E-state index contributed by atoms with van der Waals surface area (Å²) < 4.78 is 2.75. The van der Waals surface area contributed by atoms with E-state index < -0.39 is 0 Å². The first-order valence-corrected chi connectivity index (χ1v) is 6.76. The van der Waals surface area contributed by atoms with Gasteiger partial charge < -0.3 is 5.32 Å². The number of nitrogens with zero attached hydrogens (tertiary/aromatic N) is 2. The number of anilines is 1. The van der Waals surface area contributed by atoms with Crippen molar-refractivity contribution in [3.8, 4) is 0 Å². The molecular formula is C13H14IN3O. The van der Waals surface area contributed by atoms with Crippen LogP contribution in [0, 0.1) is 3.57 Å². The molecule has 2 aromatic rings. The first kappa shape index (κ1) is 13.1. The van der Waals surface area contributed by atoms with Crippen molar-refractivity contribution in [1.82, 2.24) is 9.78 Å².